The Hall–Kier alpha value is -3.04. The zero-order valence-corrected chi connectivity index (χ0v) is 20.9. The quantitative estimate of drug-likeness (QED) is 0.597. The molecule has 5 atom stereocenters. The zero-order valence-electron chi connectivity index (χ0n) is 20.9. The van der Waals surface area contributed by atoms with Crippen molar-refractivity contribution in [1.82, 2.24) is 25.5 Å². The lowest BCUT2D eigenvalue weighted by Crippen LogP contribution is -2.53. The van der Waals surface area contributed by atoms with Crippen LogP contribution in [0.4, 0.5) is 0 Å². The Bertz CT molecular complexity index is 1350. The van der Waals surface area contributed by atoms with Gasteiger partial charge in [0.1, 0.15) is 23.3 Å². The molecule has 1 saturated carbocycles. The predicted molar refractivity (Wildman–Crippen MR) is 141 cm³/mol. The molecule has 7 heterocycles. The molecule has 0 aromatic carbocycles. The molecule has 192 valence electrons. The highest BCUT2D eigenvalue weighted by Crippen LogP contribution is 2.45. The number of nitrogens with one attached hydrogen (secondary N) is 3. The summed E-state index contributed by atoms with van der Waals surface area (Å²) < 4.78 is 6.13. The van der Waals surface area contributed by atoms with E-state index in [2.05, 4.69) is 36.6 Å². The zero-order chi connectivity index (χ0) is 24.5. The topological polar surface area (TPSA) is 107 Å². The lowest BCUT2D eigenvalue weighted by molar-refractivity contribution is -0.119. The summed E-state index contributed by atoms with van der Waals surface area (Å²) in [6, 6.07) is 3.79. The monoisotopic (exact) mass is 499 g/mol. The molecular weight excluding hydrogens is 466 g/mol. The highest BCUT2D eigenvalue weighted by Gasteiger charge is 2.44. The van der Waals surface area contributed by atoms with Crippen molar-refractivity contribution in [2.75, 3.05) is 26.2 Å². The summed E-state index contributed by atoms with van der Waals surface area (Å²) in [6.07, 6.45) is 11.5. The third-order valence-electron chi connectivity index (χ3n) is 9.42. The Kier molecular flexibility index (Phi) is 5.05. The van der Waals surface area contributed by atoms with Crippen LogP contribution in [0.3, 0.4) is 0 Å². The summed E-state index contributed by atoms with van der Waals surface area (Å²) >= 11 is 0. The lowest BCUT2D eigenvalue weighted by atomic mass is 9.70. The second-order valence-corrected chi connectivity index (χ2v) is 11.4. The van der Waals surface area contributed by atoms with Gasteiger partial charge in [-0.1, -0.05) is 6.42 Å². The second-order valence-electron chi connectivity index (χ2n) is 11.4. The van der Waals surface area contributed by atoms with E-state index in [0.717, 1.165) is 72.8 Å². The van der Waals surface area contributed by atoms with Gasteiger partial charge in [-0.3, -0.25) is 4.79 Å². The van der Waals surface area contributed by atoms with Crippen molar-refractivity contribution in [3.63, 3.8) is 0 Å². The van der Waals surface area contributed by atoms with Crippen LogP contribution in [0.2, 0.25) is 0 Å². The van der Waals surface area contributed by atoms with E-state index < -0.39 is 6.04 Å². The molecule has 1 amide bonds. The fourth-order valence-electron chi connectivity index (χ4n) is 7.25. The minimum Gasteiger partial charge on any atom is -0.374 e. The van der Waals surface area contributed by atoms with Crippen molar-refractivity contribution in [2.24, 2.45) is 21.8 Å². The number of hydrogen-bond acceptors (Lipinski definition) is 7. The largest absolute Gasteiger partial charge is 0.374 e. The van der Waals surface area contributed by atoms with E-state index in [1.165, 1.54) is 31.4 Å². The van der Waals surface area contributed by atoms with Gasteiger partial charge in [0, 0.05) is 72.6 Å². The maximum atomic E-state index is 13.2. The van der Waals surface area contributed by atoms with Crippen LogP contribution in [0, 0.1) is 11.8 Å². The first-order valence-electron chi connectivity index (χ1n) is 14.0. The van der Waals surface area contributed by atoms with E-state index in [9.17, 15) is 4.79 Å². The molecule has 37 heavy (non-hydrogen) atoms. The van der Waals surface area contributed by atoms with E-state index in [4.69, 9.17) is 9.73 Å². The average molecular weight is 500 g/mol. The molecule has 2 aromatic rings. The molecule has 0 spiro atoms. The van der Waals surface area contributed by atoms with Gasteiger partial charge in [0.2, 0.25) is 0 Å². The molecule has 5 aliphatic heterocycles. The van der Waals surface area contributed by atoms with Gasteiger partial charge < -0.3 is 25.3 Å². The summed E-state index contributed by atoms with van der Waals surface area (Å²) in [5.74, 6) is 2.70. The van der Waals surface area contributed by atoms with E-state index in [0.29, 0.717) is 24.0 Å². The Morgan fingerprint density at radius 2 is 2.00 bits per heavy atom. The molecule has 9 nitrogen and oxygen atoms in total. The van der Waals surface area contributed by atoms with E-state index >= 15 is 0 Å². The Morgan fingerprint density at radius 1 is 1.11 bits per heavy atom. The first-order chi connectivity index (χ1) is 18.2. The van der Waals surface area contributed by atoms with Crippen molar-refractivity contribution in [1.29, 1.82) is 0 Å². The normalized spacial score (nSPS) is 33.5. The van der Waals surface area contributed by atoms with Crippen molar-refractivity contribution in [3.05, 3.63) is 41.0 Å². The molecule has 4 fully saturated rings. The van der Waals surface area contributed by atoms with E-state index in [1.54, 1.807) is 0 Å². The standard InChI is InChI=1S/C28H33N7O2/c36-28-24-23(20(14-31-28)15-2-1-3-15)27(35-10-8-29-9-11-35)34-26(33-24)17-6-7-30-25-18(17)13-21(32-25)19-12-16-4-5-22(19)37-16/h6-7,13-16,19-20,22,24,29H,1-5,8-12H2,(H,30,32)(H,33,34). The smallest absolute Gasteiger partial charge is 0.272 e. The summed E-state index contributed by atoms with van der Waals surface area (Å²) in [7, 11) is 0. The van der Waals surface area contributed by atoms with Crippen molar-refractivity contribution in [2.45, 2.75) is 62.7 Å². The van der Waals surface area contributed by atoms with Crippen molar-refractivity contribution >= 4 is 29.0 Å². The van der Waals surface area contributed by atoms with Gasteiger partial charge >= 0.3 is 0 Å². The highest BCUT2D eigenvalue weighted by atomic mass is 16.5. The van der Waals surface area contributed by atoms with E-state index in [1.807, 2.05) is 18.5 Å². The maximum Gasteiger partial charge on any atom is 0.272 e. The molecule has 6 aliphatic rings. The molecular formula is C28H33N7O2. The molecule has 0 radical (unpaired) electrons. The molecule has 2 aromatic heterocycles. The van der Waals surface area contributed by atoms with Gasteiger partial charge in [-0.2, -0.15) is 0 Å². The van der Waals surface area contributed by atoms with Crippen LogP contribution >= 0.6 is 0 Å². The molecule has 5 unspecified atom stereocenters. The molecule has 2 bridgehead atoms. The summed E-state index contributed by atoms with van der Waals surface area (Å²) in [5, 5.41) is 8.04. The third kappa shape index (κ3) is 3.50. The fraction of sp³-hybridized carbons (Fsp3) is 0.571. The highest BCUT2D eigenvalue weighted by molar-refractivity contribution is 6.12. The Labute approximate surface area is 215 Å². The minimum atomic E-state index is -0.464. The van der Waals surface area contributed by atoms with Gasteiger partial charge in [-0.05, 0) is 50.2 Å². The molecule has 3 saturated heterocycles. The number of aliphatic imine (C=N–C) groups is 2. The van der Waals surface area contributed by atoms with Gasteiger partial charge in [0.05, 0.1) is 12.2 Å². The number of ether oxygens (including phenoxy) is 1. The van der Waals surface area contributed by atoms with Crippen LogP contribution in [0.5, 0.6) is 0 Å². The Balaban J connectivity index is 1.24. The first kappa shape index (κ1) is 22.0. The van der Waals surface area contributed by atoms with Crippen LogP contribution in [-0.2, 0) is 9.53 Å². The van der Waals surface area contributed by atoms with Crippen LogP contribution < -0.4 is 10.6 Å². The Morgan fingerprint density at radius 3 is 2.76 bits per heavy atom. The average Bonchev–Trinajstić information content (AvgIpc) is 3.65. The number of amidine groups is 1. The molecule has 3 N–H and O–H groups in total. The number of fused-ring (bicyclic) bond motifs is 4. The maximum absolute atomic E-state index is 13.2. The number of rotatable bonds is 4. The van der Waals surface area contributed by atoms with Crippen molar-refractivity contribution in [3.8, 4) is 0 Å². The number of carbonyl (C=O) groups excluding carboxylic acids is 1. The number of amides is 1. The first-order valence-corrected chi connectivity index (χ1v) is 14.0. The van der Waals surface area contributed by atoms with Crippen molar-refractivity contribution < 1.29 is 9.53 Å². The third-order valence-corrected chi connectivity index (χ3v) is 9.42. The van der Waals surface area contributed by atoms with Crippen LogP contribution in [0.25, 0.3) is 11.0 Å². The molecule has 1 aliphatic carbocycles. The number of aromatic amines is 1. The summed E-state index contributed by atoms with van der Waals surface area (Å²) in [6.45, 7) is 3.61. The SMILES string of the molecule is O=C1N=CC(C2CCC2)C2=C(N3CCNCC3)N=C(c3ccnc4[nH]c(C5CC6CCC5O6)cc34)NC12. The van der Waals surface area contributed by atoms with Crippen LogP contribution in [-0.4, -0.2) is 77.3 Å². The number of carbonyl (C=O) groups is 1. The lowest BCUT2D eigenvalue weighted by Gasteiger charge is -2.42. The number of hydrogen-bond donors (Lipinski definition) is 3. The van der Waals surface area contributed by atoms with Crippen LogP contribution in [0.15, 0.2) is 39.7 Å². The summed E-state index contributed by atoms with van der Waals surface area (Å²) in [4.78, 5) is 33.5. The molecule has 9 heteroatoms. The van der Waals surface area contributed by atoms with Gasteiger partial charge in [-0.15, -0.1) is 0 Å². The van der Waals surface area contributed by atoms with Crippen LogP contribution in [0.1, 0.15) is 55.7 Å². The van der Waals surface area contributed by atoms with Gasteiger partial charge in [0.25, 0.3) is 5.91 Å². The number of nitrogens with zero attached hydrogens (tertiary/aromatic N) is 4. The van der Waals surface area contributed by atoms with Gasteiger partial charge in [-0.25, -0.2) is 15.0 Å². The minimum absolute atomic E-state index is 0.121. The number of H-pyrrole nitrogens is 1. The fourth-order valence-corrected chi connectivity index (χ4v) is 7.25. The number of aromatic nitrogens is 2. The van der Waals surface area contributed by atoms with E-state index in [-0.39, 0.29) is 11.8 Å². The second kappa shape index (κ2) is 8.49. The van der Waals surface area contributed by atoms with Gasteiger partial charge in [0.15, 0.2) is 0 Å². The summed E-state index contributed by atoms with van der Waals surface area (Å²) in [5.41, 5.74) is 4.15. The predicted octanol–water partition coefficient (Wildman–Crippen LogP) is 2.46. The number of pyridine rings is 1. The molecule has 8 rings (SSSR count). The number of piperazine rings is 1.